The lowest BCUT2D eigenvalue weighted by molar-refractivity contribution is 0.0904. The fourth-order valence-corrected chi connectivity index (χ4v) is 2.21. The topological polar surface area (TPSA) is 40.5 Å². The molecular weight excluding hydrogens is 202 g/mol. The normalized spacial score (nSPS) is 16.2. The zero-order valence-electron chi connectivity index (χ0n) is 9.35. The molecule has 86 valence electrons. The molecule has 0 amide bonds. The number of ketones is 1. The first-order valence-electron chi connectivity index (χ1n) is 5.81. The molecule has 1 N–H and O–H groups in total. The van der Waals surface area contributed by atoms with Crippen molar-refractivity contribution in [2.45, 2.75) is 19.3 Å². The Labute approximate surface area is 95.7 Å². The van der Waals surface area contributed by atoms with Gasteiger partial charge < -0.3 is 10.0 Å². The average molecular weight is 219 g/mol. The van der Waals surface area contributed by atoms with E-state index in [1.807, 2.05) is 18.2 Å². The van der Waals surface area contributed by atoms with Crippen molar-refractivity contribution in [2.24, 2.45) is 0 Å². The number of Topliss-reactive ketones (excluding diaryl/α,β-unsaturated/α-hetero) is 1. The number of carbonyl (C=O) groups is 1. The van der Waals surface area contributed by atoms with E-state index in [1.165, 1.54) is 19.3 Å². The predicted molar refractivity (Wildman–Crippen MR) is 63.9 cm³/mol. The average Bonchev–Trinajstić information content (AvgIpc) is 2.39. The van der Waals surface area contributed by atoms with Crippen molar-refractivity contribution < 1.29 is 9.90 Å². The van der Waals surface area contributed by atoms with Crippen molar-refractivity contribution in [3.8, 4) is 0 Å². The Hall–Kier alpha value is -1.35. The highest BCUT2D eigenvalue weighted by Gasteiger charge is 2.17. The maximum Gasteiger partial charge on any atom is 0.190 e. The molecule has 3 nitrogen and oxygen atoms in total. The van der Waals surface area contributed by atoms with Gasteiger partial charge in [-0.05, 0) is 31.4 Å². The standard InChI is InChI=1S/C13H17NO2/c15-10-13(16)11-6-2-3-7-12(11)14-8-4-1-5-9-14/h2-3,6-7,15H,1,4-5,8-10H2. The Balaban J connectivity index is 2.28. The van der Waals surface area contributed by atoms with Crippen LogP contribution in [0.5, 0.6) is 0 Å². The Morgan fingerprint density at radius 1 is 1.19 bits per heavy atom. The Bertz CT molecular complexity index is 370. The van der Waals surface area contributed by atoms with E-state index in [0.717, 1.165) is 18.8 Å². The Kier molecular flexibility index (Phi) is 3.57. The van der Waals surface area contributed by atoms with Crippen molar-refractivity contribution in [1.82, 2.24) is 0 Å². The van der Waals surface area contributed by atoms with Gasteiger partial charge in [-0.1, -0.05) is 12.1 Å². The van der Waals surface area contributed by atoms with Crippen LogP contribution in [0.2, 0.25) is 0 Å². The molecule has 0 aliphatic carbocycles. The van der Waals surface area contributed by atoms with E-state index in [-0.39, 0.29) is 5.78 Å². The molecule has 0 saturated carbocycles. The van der Waals surface area contributed by atoms with Gasteiger partial charge in [-0.15, -0.1) is 0 Å². The molecule has 1 aromatic rings. The molecule has 3 heteroatoms. The lowest BCUT2D eigenvalue weighted by Crippen LogP contribution is -2.31. The number of nitrogens with zero attached hydrogens (tertiary/aromatic N) is 1. The second-order valence-corrected chi connectivity index (χ2v) is 4.15. The van der Waals surface area contributed by atoms with Crippen LogP contribution in [0.1, 0.15) is 29.6 Å². The van der Waals surface area contributed by atoms with Gasteiger partial charge in [0.1, 0.15) is 6.61 Å². The van der Waals surface area contributed by atoms with Crippen molar-refractivity contribution in [1.29, 1.82) is 0 Å². The maximum absolute atomic E-state index is 11.6. The molecule has 0 spiro atoms. The lowest BCUT2D eigenvalue weighted by Gasteiger charge is -2.30. The summed E-state index contributed by atoms with van der Waals surface area (Å²) in [5.41, 5.74) is 1.62. The molecule has 1 heterocycles. The lowest BCUT2D eigenvalue weighted by atomic mass is 10.0. The van der Waals surface area contributed by atoms with Gasteiger partial charge in [0.05, 0.1) is 0 Å². The van der Waals surface area contributed by atoms with Crippen LogP contribution in [-0.4, -0.2) is 30.6 Å². The zero-order valence-corrected chi connectivity index (χ0v) is 9.35. The highest BCUT2D eigenvalue weighted by Crippen LogP contribution is 2.24. The number of aliphatic hydroxyl groups is 1. The second kappa shape index (κ2) is 5.12. The maximum atomic E-state index is 11.6. The second-order valence-electron chi connectivity index (χ2n) is 4.15. The van der Waals surface area contributed by atoms with Crippen molar-refractivity contribution in [3.63, 3.8) is 0 Å². The minimum atomic E-state index is -0.412. The molecule has 1 aliphatic heterocycles. The molecule has 0 radical (unpaired) electrons. The van der Waals surface area contributed by atoms with Gasteiger partial charge in [0, 0.05) is 24.3 Å². The van der Waals surface area contributed by atoms with Crippen LogP contribution in [-0.2, 0) is 0 Å². The molecule has 1 fully saturated rings. The van der Waals surface area contributed by atoms with E-state index < -0.39 is 6.61 Å². The summed E-state index contributed by atoms with van der Waals surface area (Å²) in [6.07, 6.45) is 3.63. The number of aliphatic hydroxyl groups excluding tert-OH is 1. The van der Waals surface area contributed by atoms with E-state index in [2.05, 4.69) is 4.90 Å². The van der Waals surface area contributed by atoms with E-state index in [0.29, 0.717) is 5.56 Å². The molecule has 16 heavy (non-hydrogen) atoms. The van der Waals surface area contributed by atoms with Crippen LogP contribution in [0.15, 0.2) is 24.3 Å². The Morgan fingerprint density at radius 3 is 2.56 bits per heavy atom. The fraction of sp³-hybridized carbons (Fsp3) is 0.462. The molecular formula is C13H17NO2. The summed E-state index contributed by atoms with van der Waals surface area (Å²) in [6.45, 7) is 1.61. The highest BCUT2D eigenvalue weighted by molar-refractivity contribution is 6.02. The number of benzene rings is 1. The first-order valence-corrected chi connectivity index (χ1v) is 5.81. The Morgan fingerprint density at radius 2 is 1.88 bits per heavy atom. The number of para-hydroxylation sites is 1. The highest BCUT2D eigenvalue weighted by atomic mass is 16.3. The molecule has 2 rings (SSSR count). The van der Waals surface area contributed by atoms with E-state index in [4.69, 9.17) is 5.11 Å². The summed E-state index contributed by atoms with van der Waals surface area (Å²) in [7, 11) is 0. The summed E-state index contributed by atoms with van der Waals surface area (Å²) >= 11 is 0. The minimum Gasteiger partial charge on any atom is -0.388 e. The number of anilines is 1. The largest absolute Gasteiger partial charge is 0.388 e. The fourth-order valence-electron chi connectivity index (χ4n) is 2.21. The van der Waals surface area contributed by atoms with E-state index >= 15 is 0 Å². The van der Waals surface area contributed by atoms with Crippen LogP contribution in [0.25, 0.3) is 0 Å². The molecule has 1 aliphatic rings. The first kappa shape index (κ1) is 11.1. The van der Waals surface area contributed by atoms with Crippen LogP contribution < -0.4 is 4.90 Å². The van der Waals surface area contributed by atoms with Crippen molar-refractivity contribution >= 4 is 11.5 Å². The van der Waals surface area contributed by atoms with Crippen molar-refractivity contribution in [2.75, 3.05) is 24.6 Å². The number of hydrogen-bond acceptors (Lipinski definition) is 3. The third-order valence-corrected chi connectivity index (χ3v) is 3.04. The first-order chi connectivity index (χ1) is 7.83. The zero-order chi connectivity index (χ0) is 11.4. The van der Waals surface area contributed by atoms with Gasteiger partial charge in [-0.3, -0.25) is 4.79 Å². The molecule has 1 aromatic carbocycles. The van der Waals surface area contributed by atoms with Gasteiger partial charge in [-0.2, -0.15) is 0 Å². The van der Waals surface area contributed by atoms with Gasteiger partial charge in [0.25, 0.3) is 0 Å². The summed E-state index contributed by atoms with van der Waals surface area (Å²) in [5.74, 6) is -0.193. The minimum absolute atomic E-state index is 0.193. The van der Waals surface area contributed by atoms with Crippen LogP contribution >= 0.6 is 0 Å². The molecule has 0 atom stereocenters. The molecule has 1 saturated heterocycles. The predicted octanol–water partition coefficient (Wildman–Crippen LogP) is 1.85. The molecule has 0 bridgehead atoms. The third kappa shape index (κ3) is 2.25. The number of carbonyl (C=O) groups excluding carboxylic acids is 1. The van der Waals surface area contributed by atoms with E-state index in [9.17, 15) is 4.79 Å². The van der Waals surface area contributed by atoms with Gasteiger partial charge >= 0.3 is 0 Å². The number of piperidine rings is 1. The number of hydrogen-bond donors (Lipinski definition) is 1. The number of rotatable bonds is 3. The van der Waals surface area contributed by atoms with Crippen molar-refractivity contribution in [3.05, 3.63) is 29.8 Å². The summed E-state index contributed by atoms with van der Waals surface area (Å²) in [6, 6.07) is 7.55. The SMILES string of the molecule is O=C(CO)c1ccccc1N1CCCCC1. The van der Waals surface area contributed by atoms with Gasteiger partial charge in [-0.25, -0.2) is 0 Å². The monoisotopic (exact) mass is 219 g/mol. The smallest absolute Gasteiger partial charge is 0.190 e. The van der Waals surface area contributed by atoms with Gasteiger partial charge in [0.15, 0.2) is 5.78 Å². The van der Waals surface area contributed by atoms with Crippen LogP contribution in [0.4, 0.5) is 5.69 Å². The van der Waals surface area contributed by atoms with Gasteiger partial charge in [0.2, 0.25) is 0 Å². The molecule has 0 aromatic heterocycles. The molecule has 0 unspecified atom stereocenters. The quantitative estimate of drug-likeness (QED) is 0.789. The van der Waals surface area contributed by atoms with E-state index in [1.54, 1.807) is 6.07 Å². The summed E-state index contributed by atoms with van der Waals surface area (Å²) in [5, 5.41) is 8.94. The van der Waals surface area contributed by atoms with Crippen LogP contribution in [0, 0.1) is 0 Å². The van der Waals surface area contributed by atoms with Crippen LogP contribution in [0.3, 0.4) is 0 Å². The third-order valence-electron chi connectivity index (χ3n) is 3.04. The summed E-state index contributed by atoms with van der Waals surface area (Å²) in [4.78, 5) is 13.8. The summed E-state index contributed by atoms with van der Waals surface area (Å²) < 4.78 is 0.